The van der Waals surface area contributed by atoms with Gasteiger partial charge in [0.1, 0.15) is 22.7 Å². The summed E-state index contributed by atoms with van der Waals surface area (Å²) in [6.45, 7) is 6.50. The van der Waals surface area contributed by atoms with Crippen molar-refractivity contribution >= 4 is 49.6 Å². The molecule has 0 amide bonds. The Balaban J connectivity index is 0.000000174. The number of rotatable bonds is 4. The zero-order valence-electron chi connectivity index (χ0n) is 36.8. The first kappa shape index (κ1) is 46.9. The molecule has 0 saturated carbocycles. The van der Waals surface area contributed by atoms with Crippen LogP contribution in [0.4, 0.5) is 0 Å². The molecule has 2 N–H and O–H groups in total. The zero-order chi connectivity index (χ0) is 45.7. The third-order valence-electron chi connectivity index (χ3n) is 11.2. The largest absolute Gasteiger partial charge is 0.473 e. The molecule has 8 aromatic rings. The second-order valence-electron chi connectivity index (χ2n) is 17.1. The Labute approximate surface area is 398 Å². The van der Waals surface area contributed by atoms with Gasteiger partial charge in [-0.3, -0.25) is 0 Å². The van der Waals surface area contributed by atoms with Crippen LogP contribution in [0.3, 0.4) is 0 Å². The van der Waals surface area contributed by atoms with Gasteiger partial charge in [-0.25, -0.2) is 0 Å². The van der Waals surface area contributed by atoms with Gasteiger partial charge in [0.15, 0.2) is 11.2 Å². The lowest BCUT2D eigenvalue weighted by Gasteiger charge is -2.36. The molecule has 66 heavy (non-hydrogen) atoms. The van der Waals surface area contributed by atoms with E-state index in [1.165, 1.54) is 10.8 Å². The molecule has 0 saturated heterocycles. The fourth-order valence-corrected chi connectivity index (χ4v) is 8.36. The summed E-state index contributed by atoms with van der Waals surface area (Å²) >= 11 is 3.56. The van der Waals surface area contributed by atoms with Gasteiger partial charge in [-0.2, -0.15) is 0 Å². The molecule has 2 aliphatic heterocycles. The van der Waals surface area contributed by atoms with Crippen LogP contribution >= 0.6 is 15.9 Å². The topological polar surface area (TPSA) is 58.9 Å². The summed E-state index contributed by atoms with van der Waals surface area (Å²) in [5, 5.41) is 23.1. The molecule has 5 heteroatoms. The molecule has 0 fully saturated rings. The summed E-state index contributed by atoms with van der Waals surface area (Å²) in [4.78, 5) is 0. The van der Waals surface area contributed by atoms with Gasteiger partial charge < -0.3 is 19.7 Å². The number of terminal acetylenes is 1. The van der Waals surface area contributed by atoms with E-state index in [2.05, 4.69) is 179 Å². The monoisotopic (exact) mass is 928 g/mol. The lowest BCUT2D eigenvalue weighted by Crippen LogP contribution is -2.34. The fraction of sp³-hybridized carbons (Fsp3) is 0.148. The highest BCUT2D eigenvalue weighted by Gasteiger charge is 2.38. The molecule has 4 nitrogen and oxygen atoms in total. The van der Waals surface area contributed by atoms with Crippen molar-refractivity contribution in [3.8, 4) is 35.7 Å². The Morgan fingerprint density at radius 3 is 1.26 bits per heavy atom. The van der Waals surface area contributed by atoms with Crippen LogP contribution in [0.2, 0.25) is 0 Å². The molecular formula is C61H53BrO4. The summed E-state index contributed by atoms with van der Waals surface area (Å²) in [6.07, 6.45) is 13.5. The second-order valence-corrected chi connectivity index (χ2v) is 18.0. The normalized spacial score (nSPS) is 13.8. The molecule has 328 valence electrons. The van der Waals surface area contributed by atoms with Crippen molar-refractivity contribution in [2.75, 3.05) is 0 Å². The number of benzene rings is 8. The van der Waals surface area contributed by atoms with Crippen molar-refractivity contribution in [3.63, 3.8) is 0 Å². The van der Waals surface area contributed by atoms with Gasteiger partial charge in [0.2, 0.25) is 0 Å². The number of aliphatic hydroxyl groups is 2. The van der Waals surface area contributed by atoms with E-state index in [0.717, 1.165) is 65.7 Å². The van der Waals surface area contributed by atoms with E-state index < -0.39 is 22.4 Å². The van der Waals surface area contributed by atoms with Gasteiger partial charge in [-0.05, 0) is 110 Å². The average Bonchev–Trinajstić information content (AvgIpc) is 3.33. The maximum absolute atomic E-state index is 9.89. The average molecular weight is 930 g/mol. The number of halogens is 1. The predicted molar refractivity (Wildman–Crippen MR) is 277 cm³/mol. The molecule has 0 radical (unpaired) electrons. The van der Waals surface area contributed by atoms with Crippen molar-refractivity contribution in [3.05, 3.63) is 238 Å². The zero-order valence-corrected chi connectivity index (χ0v) is 38.4. The summed E-state index contributed by atoms with van der Waals surface area (Å²) in [5.74, 6) is 9.86. The third kappa shape index (κ3) is 10.2. The summed E-state index contributed by atoms with van der Waals surface area (Å²) in [6, 6.07) is 62.3. The Morgan fingerprint density at radius 2 is 0.879 bits per heavy atom. The Hall–Kier alpha value is -7.12. The van der Waals surface area contributed by atoms with E-state index in [4.69, 9.17) is 21.0 Å². The Morgan fingerprint density at radius 1 is 0.500 bits per heavy atom. The van der Waals surface area contributed by atoms with E-state index in [9.17, 15) is 5.11 Å². The highest BCUT2D eigenvalue weighted by Crippen LogP contribution is 2.46. The van der Waals surface area contributed by atoms with Crippen molar-refractivity contribution in [1.82, 2.24) is 0 Å². The molecule has 0 aromatic heterocycles. The van der Waals surface area contributed by atoms with Crippen LogP contribution in [0, 0.1) is 24.2 Å². The molecule has 0 spiro atoms. The van der Waals surface area contributed by atoms with Crippen LogP contribution in [0.15, 0.2) is 199 Å². The van der Waals surface area contributed by atoms with Crippen LogP contribution in [0.25, 0.3) is 33.7 Å². The standard InChI is InChI=1S/C30H24O2.C25H17BrO.C5H8O.CH4/c1-29(2,31)19-17-22-13-15-26-23(21-22)14-16-28-27(26)18-20-30(32-28,24-9-5-3-6-10-24)25-11-7-4-8-12-25;26-21-12-13-22-18(17-21)11-14-24-23(22)15-16-25(27-24,19-7-3-1-4-8-19)20-9-5-2-6-10-20;1-4-5(2,3)6;/h3-16,18,20-21,31H,1-2H3;1-17H;1,6H,2-3H3;1H4. The van der Waals surface area contributed by atoms with Crippen molar-refractivity contribution in [2.45, 2.75) is 57.5 Å². The summed E-state index contributed by atoms with van der Waals surface area (Å²) in [5.41, 5.74) is 4.23. The Kier molecular flexibility index (Phi) is 13.9. The molecular weight excluding hydrogens is 877 g/mol. The van der Waals surface area contributed by atoms with E-state index >= 15 is 0 Å². The van der Waals surface area contributed by atoms with Crippen LogP contribution < -0.4 is 9.47 Å². The maximum atomic E-state index is 9.89. The summed E-state index contributed by atoms with van der Waals surface area (Å²) < 4.78 is 14.6. The van der Waals surface area contributed by atoms with Gasteiger partial charge in [0, 0.05) is 43.4 Å². The highest BCUT2D eigenvalue weighted by atomic mass is 79.9. The lowest BCUT2D eigenvalue weighted by molar-refractivity contribution is 0.143. The third-order valence-corrected chi connectivity index (χ3v) is 11.7. The van der Waals surface area contributed by atoms with E-state index in [1.807, 2.05) is 60.7 Å². The molecule has 2 aliphatic rings. The maximum Gasteiger partial charge on any atom is 0.178 e. The van der Waals surface area contributed by atoms with E-state index in [1.54, 1.807) is 27.7 Å². The van der Waals surface area contributed by atoms with Crippen LogP contribution in [0.1, 0.15) is 74.1 Å². The van der Waals surface area contributed by atoms with Gasteiger partial charge >= 0.3 is 0 Å². The number of hydrogen-bond donors (Lipinski definition) is 2. The molecule has 2 heterocycles. The first-order valence-electron chi connectivity index (χ1n) is 21.5. The van der Waals surface area contributed by atoms with Crippen molar-refractivity contribution < 1.29 is 19.7 Å². The molecule has 0 aliphatic carbocycles. The molecule has 8 aromatic carbocycles. The van der Waals surface area contributed by atoms with Gasteiger partial charge in [0.25, 0.3) is 0 Å². The molecule has 10 rings (SSSR count). The molecule has 0 atom stereocenters. The quantitative estimate of drug-likeness (QED) is 0.173. The minimum atomic E-state index is -1.01. The smallest absolute Gasteiger partial charge is 0.178 e. The Bertz CT molecular complexity index is 3040. The SMILES string of the molecule is Brc1ccc2c3c(ccc2c1)OC(c1ccccc1)(c1ccccc1)C=C3.C.C#CC(C)(C)O.CC(C)(O)C#Cc1ccc2c3c(ccc2c1)OC(c1ccccc1)(c1ccccc1)C=C3. The number of ether oxygens (including phenoxy) is 2. The van der Waals surface area contributed by atoms with Gasteiger partial charge in [0.05, 0.1) is 0 Å². The first-order chi connectivity index (χ1) is 31.3. The van der Waals surface area contributed by atoms with Crippen LogP contribution in [-0.4, -0.2) is 21.4 Å². The lowest BCUT2D eigenvalue weighted by atomic mass is 9.83. The van der Waals surface area contributed by atoms with Crippen molar-refractivity contribution in [2.24, 2.45) is 0 Å². The van der Waals surface area contributed by atoms with Crippen LogP contribution in [0.5, 0.6) is 11.5 Å². The van der Waals surface area contributed by atoms with E-state index in [0.29, 0.717) is 0 Å². The second kappa shape index (κ2) is 19.5. The minimum absolute atomic E-state index is 0. The van der Waals surface area contributed by atoms with Gasteiger partial charge in [-0.1, -0.05) is 187 Å². The summed E-state index contributed by atoms with van der Waals surface area (Å²) in [7, 11) is 0. The highest BCUT2D eigenvalue weighted by molar-refractivity contribution is 9.10. The number of fused-ring (bicyclic) bond motifs is 6. The van der Waals surface area contributed by atoms with E-state index in [-0.39, 0.29) is 7.43 Å². The van der Waals surface area contributed by atoms with Crippen molar-refractivity contribution in [1.29, 1.82) is 0 Å². The van der Waals surface area contributed by atoms with Crippen LogP contribution in [-0.2, 0) is 11.2 Å². The fourth-order valence-electron chi connectivity index (χ4n) is 7.98. The predicted octanol–water partition coefficient (Wildman–Crippen LogP) is 14.3. The molecule has 0 unspecified atom stereocenters. The van der Waals surface area contributed by atoms with Gasteiger partial charge in [-0.15, -0.1) is 6.42 Å². The number of hydrogen-bond acceptors (Lipinski definition) is 4. The first-order valence-corrected chi connectivity index (χ1v) is 22.3. The minimum Gasteiger partial charge on any atom is -0.473 e. The molecule has 0 bridgehead atoms.